The zero-order valence-corrected chi connectivity index (χ0v) is 30.6. The zero-order valence-electron chi connectivity index (χ0n) is 30.6. The van der Waals surface area contributed by atoms with Crippen molar-refractivity contribution in [2.75, 3.05) is 14.1 Å². The highest BCUT2D eigenvalue weighted by Gasteiger charge is 2.35. The molecule has 2 unspecified atom stereocenters. The molecular weight excluding hydrogens is 642 g/mol. The molecule has 10 heteroatoms. The number of ether oxygens (including phenoxy) is 1. The number of nitrogens with zero attached hydrogens (tertiary/aromatic N) is 4. The van der Waals surface area contributed by atoms with Gasteiger partial charge in [0.1, 0.15) is 17.7 Å². The molecule has 1 N–H and O–H groups in total. The van der Waals surface area contributed by atoms with Gasteiger partial charge in [0, 0.05) is 33.0 Å². The Morgan fingerprint density at radius 2 is 1.35 bits per heavy atom. The van der Waals surface area contributed by atoms with Crippen molar-refractivity contribution < 1.29 is 23.6 Å². The summed E-state index contributed by atoms with van der Waals surface area (Å²) in [7, 11) is 3.33. The number of carbonyl (C=O) groups is 3. The minimum absolute atomic E-state index is 0.259. The van der Waals surface area contributed by atoms with Gasteiger partial charge in [-0.1, -0.05) is 96.2 Å². The van der Waals surface area contributed by atoms with Crippen LogP contribution in [0.25, 0.3) is 21.5 Å². The SMILES string of the molecule is Cc1noc(C(Cc2ccc3ccccc3c2)N(C)C(=O)C(Cc2ccc3ccccc3c2)N(C)C(=O)/C=C/C(C)(C)NC(=O)OC(C)(C)C)n1. The number of aryl methyl sites for hydroxylation is 1. The lowest BCUT2D eigenvalue weighted by Crippen LogP contribution is -2.50. The predicted molar refractivity (Wildman–Crippen MR) is 199 cm³/mol. The number of amides is 3. The molecule has 0 saturated carbocycles. The molecule has 51 heavy (non-hydrogen) atoms. The molecule has 0 aliphatic carbocycles. The van der Waals surface area contributed by atoms with Crippen molar-refractivity contribution in [3.63, 3.8) is 0 Å². The maximum Gasteiger partial charge on any atom is 0.408 e. The molecule has 10 nitrogen and oxygen atoms in total. The summed E-state index contributed by atoms with van der Waals surface area (Å²) in [5.74, 6) is 0.0772. The fourth-order valence-corrected chi connectivity index (χ4v) is 5.95. The molecule has 0 bridgehead atoms. The molecule has 1 heterocycles. The molecule has 1 aromatic heterocycles. The minimum atomic E-state index is -0.908. The molecule has 0 saturated heterocycles. The number of fused-ring (bicyclic) bond motifs is 2. The van der Waals surface area contributed by atoms with Gasteiger partial charge in [-0.25, -0.2) is 4.79 Å². The molecule has 0 aliphatic heterocycles. The highest BCUT2D eigenvalue weighted by atomic mass is 16.6. The second-order valence-corrected chi connectivity index (χ2v) is 14.6. The van der Waals surface area contributed by atoms with Gasteiger partial charge in [0.15, 0.2) is 5.82 Å². The molecule has 0 aliphatic rings. The number of alkyl carbamates (subject to hydrolysis) is 1. The maximum atomic E-state index is 14.7. The number of aromatic nitrogens is 2. The van der Waals surface area contributed by atoms with Crippen molar-refractivity contribution in [3.8, 4) is 0 Å². The molecule has 0 fully saturated rings. The van der Waals surface area contributed by atoms with Crippen molar-refractivity contribution in [3.05, 3.63) is 120 Å². The van der Waals surface area contributed by atoms with Crippen LogP contribution in [-0.2, 0) is 27.2 Å². The summed E-state index contributed by atoms with van der Waals surface area (Å²) in [6, 6.07) is 26.9. The van der Waals surface area contributed by atoms with Gasteiger partial charge in [0.25, 0.3) is 0 Å². The summed E-state index contributed by atoms with van der Waals surface area (Å²) in [6.45, 7) is 10.6. The second-order valence-electron chi connectivity index (χ2n) is 14.6. The van der Waals surface area contributed by atoms with Crippen molar-refractivity contribution in [2.45, 2.75) is 77.6 Å². The summed E-state index contributed by atoms with van der Waals surface area (Å²) in [5.41, 5.74) is 0.311. The fraction of sp³-hybridized carbons (Fsp3) is 0.341. The predicted octanol–water partition coefficient (Wildman–Crippen LogP) is 7.36. The third kappa shape index (κ3) is 9.60. The molecular formula is C41H47N5O5. The summed E-state index contributed by atoms with van der Waals surface area (Å²) >= 11 is 0. The number of hydrogen-bond donors (Lipinski definition) is 1. The standard InChI is InChI=1S/C41H47N5O5/c1-27-42-37(51-44-27)34(25-28-17-19-30-13-9-11-15-32(30)23-28)46(8)38(48)35(26-29-18-20-31-14-10-12-16-33(31)24-29)45(7)36(47)21-22-41(5,6)43-39(49)50-40(2,3)4/h9-24,34-35H,25-26H2,1-8H3,(H,43,49)/b22-21+. The molecule has 5 rings (SSSR count). The lowest BCUT2D eigenvalue weighted by molar-refractivity contribution is -0.143. The van der Waals surface area contributed by atoms with Crippen molar-refractivity contribution in [1.82, 2.24) is 25.3 Å². The molecule has 2 atom stereocenters. The zero-order chi connectivity index (χ0) is 36.9. The normalized spacial score (nSPS) is 13.3. The van der Waals surface area contributed by atoms with Crippen LogP contribution in [0.1, 0.15) is 63.5 Å². The highest BCUT2D eigenvalue weighted by Crippen LogP contribution is 2.28. The van der Waals surface area contributed by atoms with Crippen LogP contribution in [0.3, 0.4) is 0 Å². The van der Waals surface area contributed by atoms with Crippen molar-refractivity contribution in [1.29, 1.82) is 0 Å². The Morgan fingerprint density at radius 3 is 1.88 bits per heavy atom. The molecule has 5 aromatic rings. The van der Waals surface area contributed by atoms with E-state index in [0.717, 1.165) is 32.7 Å². The third-order valence-electron chi connectivity index (χ3n) is 8.70. The van der Waals surface area contributed by atoms with Crippen LogP contribution in [0.2, 0.25) is 0 Å². The van der Waals surface area contributed by atoms with Crippen LogP contribution in [0.5, 0.6) is 0 Å². The van der Waals surface area contributed by atoms with Gasteiger partial charge < -0.3 is 24.4 Å². The molecule has 0 spiro atoms. The largest absolute Gasteiger partial charge is 0.444 e. The number of rotatable bonds is 11. The first-order valence-corrected chi connectivity index (χ1v) is 17.1. The molecule has 266 valence electrons. The minimum Gasteiger partial charge on any atom is -0.444 e. The molecule has 4 aromatic carbocycles. The van der Waals surface area contributed by atoms with Crippen LogP contribution in [0.15, 0.2) is 102 Å². The smallest absolute Gasteiger partial charge is 0.408 e. The van der Waals surface area contributed by atoms with E-state index in [1.165, 1.54) is 11.0 Å². The van der Waals surface area contributed by atoms with E-state index in [2.05, 4.69) is 39.7 Å². The lowest BCUT2D eigenvalue weighted by Gasteiger charge is -2.34. The van der Waals surface area contributed by atoms with Crippen molar-refractivity contribution in [2.24, 2.45) is 0 Å². The second kappa shape index (κ2) is 15.2. The first-order valence-electron chi connectivity index (χ1n) is 17.1. The third-order valence-corrected chi connectivity index (χ3v) is 8.70. The summed E-state index contributed by atoms with van der Waals surface area (Å²) < 4.78 is 11.1. The van der Waals surface area contributed by atoms with Crippen molar-refractivity contribution >= 4 is 39.5 Å². The van der Waals surface area contributed by atoms with E-state index in [1.54, 1.807) is 66.6 Å². The summed E-state index contributed by atoms with van der Waals surface area (Å²) in [6.07, 6.45) is 3.05. The van der Waals surface area contributed by atoms with Gasteiger partial charge in [-0.05, 0) is 74.2 Å². The average molecular weight is 690 g/mol. The van der Waals surface area contributed by atoms with Gasteiger partial charge in [-0.2, -0.15) is 4.98 Å². The Kier molecular flexibility index (Phi) is 10.9. The highest BCUT2D eigenvalue weighted by molar-refractivity contribution is 5.93. The number of carbonyl (C=O) groups excluding carboxylic acids is 3. The summed E-state index contributed by atoms with van der Waals surface area (Å²) in [5, 5.41) is 11.1. The molecule has 3 amide bonds. The van der Waals surface area contributed by atoms with E-state index in [4.69, 9.17) is 9.26 Å². The average Bonchev–Trinajstić information content (AvgIpc) is 3.52. The first kappa shape index (κ1) is 36.8. The van der Waals surface area contributed by atoms with E-state index in [-0.39, 0.29) is 12.3 Å². The summed E-state index contributed by atoms with van der Waals surface area (Å²) in [4.78, 5) is 48.6. The van der Waals surface area contributed by atoms with E-state index in [1.807, 2.05) is 60.7 Å². The van der Waals surface area contributed by atoms with E-state index in [9.17, 15) is 14.4 Å². The number of benzene rings is 4. The molecule has 0 radical (unpaired) electrons. The lowest BCUT2D eigenvalue weighted by atomic mass is 9.97. The van der Waals surface area contributed by atoms with Gasteiger partial charge >= 0.3 is 6.09 Å². The van der Waals surface area contributed by atoms with E-state index >= 15 is 0 Å². The van der Waals surface area contributed by atoms with Crippen LogP contribution in [0, 0.1) is 6.92 Å². The Bertz CT molecular complexity index is 2060. The maximum absolute atomic E-state index is 14.7. The first-order chi connectivity index (χ1) is 24.1. The van der Waals surface area contributed by atoms with Gasteiger partial charge in [0.05, 0.1) is 5.54 Å². The monoisotopic (exact) mass is 689 g/mol. The topological polar surface area (TPSA) is 118 Å². The quantitative estimate of drug-likeness (QED) is 0.144. The van der Waals surface area contributed by atoms with Crippen LogP contribution in [0.4, 0.5) is 4.79 Å². The Hall–Kier alpha value is -5.51. The van der Waals surface area contributed by atoms with Crippen LogP contribution < -0.4 is 5.32 Å². The van der Waals surface area contributed by atoms with Crippen LogP contribution >= 0.6 is 0 Å². The van der Waals surface area contributed by atoms with Gasteiger partial charge in [-0.15, -0.1) is 0 Å². The van der Waals surface area contributed by atoms with E-state index in [0.29, 0.717) is 18.1 Å². The van der Waals surface area contributed by atoms with E-state index < -0.39 is 35.2 Å². The number of hydrogen-bond acceptors (Lipinski definition) is 7. The Balaban J connectivity index is 1.45. The Morgan fingerprint density at radius 1 is 0.804 bits per heavy atom. The Labute approximate surface area is 299 Å². The fourth-order valence-electron chi connectivity index (χ4n) is 5.95. The van der Waals surface area contributed by atoms with Gasteiger partial charge in [-0.3, -0.25) is 9.59 Å². The van der Waals surface area contributed by atoms with Crippen LogP contribution in [-0.4, -0.2) is 69.1 Å². The number of nitrogens with one attached hydrogen (secondary N) is 1. The van der Waals surface area contributed by atoms with Gasteiger partial charge in [0.2, 0.25) is 17.7 Å². The number of likely N-dealkylation sites (N-methyl/N-ethyl adjacent to an activating group) is 2.